The largest absolute Gasteiger partial charge is 0.370 e. The van der Waals surface area contributed by atoms with Crippen LogP contribution in [0.15, 0.2) is 24.5 Å². The Hall–Kier alpha value is -3.40. The zero-order valence-electron chi connectivity index (χ0n) is 28.2. The molecule has 0 bridgehead atoms. The summed E-state index contributed by atoms with van der Waals surface area (Å²) in [5.41, 5.74) is 4.17. The number of aryl methyl sites for hydroxylation is 2. The van der Waals surface area contributed by atoms with Gasteiger partial charge in [0.2, 0.25) is 11.9 Å². The summed E-state index contributed by atoms with van der Waals surface area (Å²) in [5.74, 6) is 0.717. The number of amides is 1. The molecule has 15 heteroatoms. The molecule has 2 saturated heterocycles. The Morgan fingerprint density at radius 2 is 1.88 bits per heavy atom. The van der Waals surface area contributed by atoms with Crippen LogP contribution in [0.5, 0.6) is 0 Å². The Balaban J connectivity index is 0.00000167. The van der Waals surface area contributed by atoms with E-state index >= 15 is 0 Å². The summed E-state index contributed by atoms with van der Waals surface area (Å²) in [5, 5.41) is 18.6. The lowest BCUT2D eigenvalue weighted by molar-refractivity contribution is -0.120. The first-order chi connectivity index (χ1) is 23.3. The van der Waals surface area contributed by atoms with E-state index in [4.69, 9.17) is 10.2 Å². The van der Waals surface area contributed by atoms with Gasteiger partial charge in [-0.05, 0) is 69.8 Å². The van der Waals surface area contributed by atoms with Gasteiger partial charge in [0.1, 0.15) is 6.29 Å². The second-order valence-electron chi connectivity index (χ2n) is 12.2. The molecule has 1 unspecified atom stereocenters. The van der Waals surface area contributed by atoms with Crippen LogP contribution in [0.4, 0.5) is 20.4 Å². The number of carbonyl (C=O) groups is 2. The fourth-order valence-corrected chi connectivity index (χ4v) is 7.32. The van der Waals surface area contributed by atoms with Crippen molar-refractivity contribution in [1.82, 2.24) is 34.3 Å². The van der Waals surface area contributed by atoms with Crippen molar-refractivity contribution in [1.29, 1.82) is 0 Å². The molecule has 1 atom stereocenters. The summed E-state index contributed by atoms with van der Waals surface area (Å²) < 4.78 is 27.2. The summed E-state index contributed by atoms with van der Waals surface area (Å²) in [6.07, 6.45) is 8.39. The highest BCUT2D eigenvalue weighted by Crippen LogP contribution is 2.33. The number of nitrogens with zero attached hydrogens (tertiary/aromatic N) is 7. The van der Waals surface area contributed by atoms with Gasteiger partial charge < -0.3 is 30.3 Å². The molecule has 5 rings (SSSR count). The molecule has 0 radical (unpaired) electrons. The topological polar surface area (TPSA) is 132 Å². The predicted molar refractivity (Wildman–Crippen MR) is 186 cm³/mol. The van der Waals surface area contributed by atoms with Crippen molar-refractivity contribution in [3.8, 4) is 0 Å². The van der Waals surface area contributed by atoms with Gasteiger partial charge in [0.15, 0.2) is 12.7 Å². The monoisotopic (exact) mass is 689 g/mol. The number of benzene rings is 1. The molecule has 2 aliphatic heterocycles. The number of aromatic nitrogens is 4. The Morgan fingerprint density at radius 3 is 2.56 bits per heavy atom. The summed E-state index contributed by atoms with van der Waals surface area (Å²) in [6, 6.07) is 4.71. The van der Waals surface area contributed by atoms with E-state index in [0.29, 0.717) is 24.8 Å². The van der Waals surface area contributed by atoms with Gasteiger partial charge in [-0.15, -0.1) is 0 Å². The third-order valence-corrected chi connectivity index (χ3v) is 10.1. The second-order valence-corrected chi connectivity index (χ2v) is 13.4. The summed E-state index contributed by atoms with van der Waals surface area (Å²) in [7, 11) is 3.54. The molecule has 2 aliphatic rings. The smallest absolute Gasteiger partial charge is 0.222 e. The van der Waals surface area contributed by atoms with Crippen LogP contribution in [0, 0.1) is 12.7 Å². The van der Waals surface area contributed by atoms with Crippen molar-refractivity contribution in [2.24, 2.45) is 7.05 Å². The molecule has 1 aromatic carbocycles. The Kier molecular flexibility index (Phi) is 14.8. The average molecular weight is 690 g/mol. The minimum absolute atomic E-state index is 0.0699. The predicted octanol–water partition coefficient (Wildman–Crippen LogP) is 3.65. The number of carbonyl (C=O) groups excluding carboxylic acids is 2. The van der Waals surface area contributed by atoms with E-state index in [1.54, 1.807) is 7.05 Å². The second kappa shape index (κ2) is 19.0. The number of alkyl halides is 1. The standard InChI is InChI=1S/C32H46FN9O2S.CH3FO/c1-23-18-27-29(39(3)38-31(27)24(22-43)6-7-30(44)34-2)19-28(23)41-12-4-10-40(15-16-41)11-5-17-45-42-13-8-26(9-14-42)37-32-35-20-25(33)21-36-32;2-1-3/h18-22,24,26H,4-17H2,1-3H3,(H,34,44)(H,35,36,37);3H,1H2. The summed E-state index contributed by atoms with van der Waals surface area (Å²) in [6.45, 7) is 8.17. The van der Waals surface area contributed by atoms with Gasteiger partial charge in [-0.2, -0.15) is 5.10 Å². The lowest BCUT2D eigenvalue weighted by Gasteiger charge is -2.31. The number of anilines is 2. The number of piperidine rings is 1. The van der Waals surface area contributed by atoms with Gasteiger partial charge in [-0.1, -0.05) is 11.9 Å². The van der Waals surface area contributed by atoms with Crippen LogP contribution in [0.25, 0.3) is 10.9 Å². The van der Waals surface area contributed by atoms with Crippen molar-refractivity contribution >= 4 is 46.7 Å². The lowest BCUT2D eigenvalue weighted by Crippen LogP contribution is -2.36. The number of aldehydes is 1. The fourth-order valence-electron chi connectivity index (χ4n) is 6.34. The van der Waals surface area contributed by atoms with E-state index < -0.39 is 18.6 Å². The van der Waals surface area contributed by atoms with Gasteiger partial charge in [-0.3, -0.25) is 13.8 Å². The molecular weight excluding hydrogens is 640 g/mol. The number of hydrogen-bond acceptors (Lipinski definition) is 11. The number of aliphatic hydroxyl groups excluding tert-OH is 1. The SMILES string of the molecule is CNC(=O)CCC(C=O)c1nn(C)c2cc(N3CCCN(CCCSN4CCC(Nc5ncc(F)cn5)CC4)CC3)c(C)cc12.OCF. The van der Waals surface area contributed by atoms with Crippen LogP contribution >= 0.6 is 11.9 Å². The average Bonchev–Trinajstić information content (AvgIpc) is 3.23. The van der Waals surface area contributed by atoms with Crippen LogP contribution < -0.4 is 15.5 Å². The third-order valence-electron chi connectivity index (χ3n) is 8.90. The Bertz CT molecular complexity index is 1450. The van der Waals surface area contributed by atoms with Crippen molar-refractivity contribution in [3.63, 3.8) is 0 Å². The molecular formula is C33H49F2N9O3S. The highest BCUT2D eigenvalue weighted by molar-refractivity contribution is 7.97. The number of rotatable bonds is 13. The van der Waals surface area contributed by atoms with Crippen LogP contribution in [0.1, 0.15) is 55.7 Å². The summed E-state index contributed by atoms with van der Waals surface area (Å²) >= 11 is 1.95. The number of hydrogen-bond donors (Lipinski definition) is 3. The zero-order valence-corrected chi connectivity index (χ0v) is 29.0. The normalized spacial score (nSPS) is 17.0. The highest BCUT2D eigenvalue weighted by Gasteiger charge is 2.24. The zero-order chi connectivity index (χ0) is 34.5. The van der Waals surface area contributed by atoms with Crippen LogP contribution in [0.3, 0.4) is 0 Å². The molecule has 3 aromatic rings. The van der Waals surface area contributed by atoms with E-state index in [0.717, 1.165) is 100 Å². The number of halogens is 2. The van der Waals surface area contributed by atoms with E-state index in [1.165, 1.54) is 23.6 Å². The molecule has 2 aromatic heterocycles. The van der Waals surface area contributed by atoms with Crippen LogP contribution in [0.2, 0.25) is 0 Å². The van der Waals surface area contributed by atoms with Crippen LogP contribution in [-0.2, 0) is 16.6 Å². The third kappa shape index (κ3) is 10.5. The molecule has 48 heavy (non-hydrogen) atoms. The Labute approximate surface area is 285 Å². The van der Waals surface area contributed by atoms with Gasteiger partial charge in [0.05, 0.1) is 29.5 Å². The van der Waals surface area contributed by atoms with Gasteiger partial charge in [-0.25, -0.2) is 18.7 Å². The maximum Gasteiger partial charge on any atom is 0.222 e. The molecule has 12 nitrogen and oxygen atoms in total. The minimum atomic E-state index is -1.25. The quantitative estimate of drug-likeness (QED) is 0.138. The van der Waals surface area contributed by atoms with Crippen molar-refractivity contribution in [2.45, 2.75) is 57.4 Å². The molecule has 0 saturated carbocycles. The molecule has 4 heterocycles. The first-order valence-electron chi connectivity index (χ1n) is 16.6. The number of aliphatic hydroxyl groups is 1. The minimum Gasteiger partial charge on any atom is -0.370 e. The lowest BCUT2D eigenvalue weighted by atomic mass is 9.96. The maximum atomic E-state index is 13.1. The van der Waals surface area contributed by atoms with E-state index in [2.05, 4.69) is 53.8 Å². The van der Waals surface area contributed by atoms with Crippen LogP contribution in [-0.4, -0.2) is 118 Å². The number of fused-ring (bicyclic) bond motifs is 1. The Morgan fingerprint density at radius 1 is 1.15 bits per heavy atom. The van der Waals surface area contributed by atoms with Gasteiger partial charge >= 0.3 is 0 Å². The molecule has 0 spiro atoms. The van der Waals surface area contributed by atoms with E-state index in [-0.39, 0.29) is 5.91 Å². The maximum absolute atomic E-state index is 13.1. The van der Waals surface area contributed by atoms with E-state index in [9.17, 15) is 18.4 Å². The fraction of sp³-hybridized carbons (Fsp3) is 0.606. The van der Waals surface area contributed by atoms with Gasteiger partial charge in [0, 0.05) is 76.1 Å². The summed E-state index contributed by atoms with van der Waals surface area (Å²) in [4.78, 5) is 36.9. The van der Waals surface area contributed by atoms with Crippen molar-refractivity contribution in [2.75, 3.05) is 75.7 Å². The highest BCUT2D eigenvalue weighted by atomic mass is 32.2. The first-order valence-corrected chi connectivity index (χ1v) is 17.6. The molecule has 0 aliphatic carbocycles. The molecule has 3 N–H and O–H groups in total. The number of nitrogens with one attached hydrogen (secondary N) is 2. The van der Waals surface area contributed by atoms with E-state index in [1.807, 2.05) is 23.7 Å². The first kappa shape index (κ1) is 37.4. The van der Waals surface area contributed by atoms with Crippen molar-refractivity contribution < 1.29 is 23.5 Å². The molecule has 264 valence electrons. The van der Waals surface area contributed by atoms with Crippen molar-refractivity contribution in [3.05, 3.63) is 41.6 Å². The molecule has 1 amide bonds. The van der Waals surface area contributed by atoms with Gasteiger partial charge in [0.25, 0.3) is 0 Å². The molecule has 2 fully saturated rings.